The number of hydrogen-bond acceptors (Lipinski definition) is 1. The highest BCUT2D eigenvalue weighted by Crippen LogP contribution is 2.22. The van der Waals surface area contributed by atoms with Gasteiger partial charge in [0.1, 0.15) is 6.04 Å². The van der Waals surface area contributed by atoms with E-state index in [1.54, 1.807) is 0 Å². The fourth-order valence-electron chi connectivity index (χ4n) is 2.93. The van der Waals surface area contributed by atoms with Gasteiger partial charge in [0.25, 0.3) is 5.91 Å². The van der Waals surface area contributed by atoms with E-state index in [-0.39, 0.29) is 11.9 Å². The first kappa shape index (κ1) is 18.2. The van der Waals surface area contributed by atoms with Crippen LogP contribution in [0.2, 0.25) is 5.02 Å². The van der Waals surface area contributed by atoms with Crippen molar-refractivity contribution in [1.82, 2.24) is 0 Å². The van der Waals surface area contributed by atoms with E-state index in [0.29, 0.717) is 17.3 Å². The molecule has 0 saturated carbocycles. The number of hydrogen-bond donors (Lipinski definition) is 2. The Bertz CT molecular complexity index is 826. The Morgan fingerprint density at radius 3 is 2.08 bits per heavy atom. The first-order valence-corrected chi connectivity index (χ1v) is 9.00. The molecule has 0 aliphatic rings. The number of quaternary nitrogens is 1. The van der Waals surface area contributed by atoms with Crippen LogP contribution in [0.5, 0.6) is 0 Å². The largest absolute Gasteiger partial charge is 0.328 e. The summed E-state index contributed by atoms with van der Waals surface area (Å²) < 4.78 is 0. The maximum absolute atomic E-state index is 12.4. The molecule has 26 heavy (non-hydrogen) atoms. The fraction of sp³-hybridized carbons (Fsp3) is 0.136. The van der Waals surface area contributed by atoms with Crippen LogP contribution in [0, 0.1) is 6.92 Å². The molecule has 0 spiro atoms. The normalized spacial score (nSPS) is 10.7. The maximum atomic E-state index is 12.4. The molecule has 0 aliphatic carbocycles. The van der Waals surface area contributed by atoms with E-state index in [2.05, 4.69) is 29.6 Å². The first-order chi connectivity index (χ1) is 12.6. The summed E-state index contributed by atoms with van der Waals surface area (Å²) in [6.45, 7) is 2.27. The SMILES string of the molecule is Cc1ccc(NC(=O)C[NH2+]C(c2ccccc2)c2ccccc2)c(Cl)c1. The van der Waals surface area contributed by atoms with Crippen LogP contribution in [0.4, 0.5) is 5.69 Å². The molecule has 3 rings (SSSR count). The number of rotatable bonds is 6. The Morgan fingerprint density at radius 1 is 0.962 bits per heavy atom. The van der Waals surface area contributed by atoms with Crippen molar-refractivity contribution in [1.29, 1.82) is 0 Å². The topological polar surface area (TPSA) is 45.7 Å². The van der Waals surface area contributed by atoms with Crippen LogP contribution >= 0.6 is 11.6 Å². The highest BCUT2D eigenvalue weighted by molar-refractivity contribution is 6.33. The maximum Gasteiger partial charge on any atom is 0.279 e. The van der Waals surface area contributed by atoms with Gasteiger partial charge < -0.3 is 10.6 Å². The average Bonchev–Trinajstić information content (AvgIpc) is 2.66. The molecule has 4 heteroatoms. The Hall–Kier alpha value is -2.62. The van der Waals surface area contributed by atoms with Gasteiger partial charge in [-0.25, -0.2) is 0 Å². The number of nitrogens with one attached hydrogen (secondary N) is 1. The van der Waals surface area contributed by atoms with Crippen LogP contribution < -0.4 is 10.6 Å². The van der Waals surface area contributed by atoms with Gasteiger partial charge in [0.15, 0.2) is 6.54 Å². The summed E-state index contributed by atoms with van der Waals surface area (Å²) in [7, 11) is 0. The van der Waals surface area contributed by atoms with Gasteiger partial charge in [-0.1, -0.05) is 78.3 Å². The number of halogens is 1. The van der Waals surface area contributed by atoms with Crippen LogP contribution in [0.25, 0.3) is 0 Å². The summed E-state index contributed by atoms with van der Waals surface area (Å²) in [6.07, 6.45) is 0. The Labute approximate surface area is 159 Å². The zero-order valence-corrected chi connectivity index (χ0v) is 15.4. The Balaban J connectivity index is 1.71. The van der Waals surface area contributed by atoms with Gasteiger partial charge in [0.2, 0.25) is 0 Å². The van der Waals surface area contributed by atoms with Crippen molar-refractivity contribution >= 4 is 23.2 Å². The molecule has 0 saturated heterocycles. The molecular formula is C22H22ClN2O+. The number of carbonyl (C=O) groups excluding carboxylic acids is 1. The van der Waals surface area contributed by atoms with Crippen LogP contribution in [0.1, 0.15) is 22.7 Å². The third-order valence-electron chi connectivity index (χ3n) is 4.26. The van der Waals surface area contributed by atoms with E-state index in [9.17, 15) is 4.79 Å². The van der Waals surface area contributed by atoms with Crippen LogP contribution in [-0.2, 0) is 4.79 Å². The van der Waals surface area contributed by atoms with Crippen molar-refractivity contribution in [3.8, 4) is 0 Å². The highest BCUT2D eigenvalue weighted by Gasteiger charge is 2.18. The van der Waals surface area contributed by atoms with E-state index < -0.39 is 0 Å². The van der Waals surface area contributed by atoms with E-state index in [0.717, 1.165) is 5.56 Å². The molecule has 3 N–H and O–H groups in total. The van der Waals surface area contributed by atoms with E-state index >= 15 is 0 Å². The van der Waals surface area contributed by atoms with Gasteiger partial charge in [-0.05, 0) is 24.6 Å². The van der Waals surface area contributed by atoms with Crippen LogP contribution in [-0.4, -0.2) is 12.5 Å². The minimum absolute atomic E-state index is 0.0663. The van der Waals surface area contributed by atoms with Crippen molar-refractivity contribution in [3.05, 3.63) is 101 Å². The molecular weight excluding hydrogens is 344 g/mol. The van der Waals surface area contributed by atoms with E-state index in [1.807, 2.05) is 66.8 Å². The van der Waals surface area contributed by atoms with Gasteiger partial charge in [0, 0.05) is 11.1 Å². The number of aryl methyl sites for hydroxylation is 1. The number of anilines is 1. The molecule has 0 bridgehead atoms. The van der Waals surface area contributed by atoms with Crippen molar-refractivity contribution in [2.45, 2.75) is 13.0 Å². The summed E-state index contributed by atoms with van der Waals surface area (Å²) >= 11 is 6.20. The number of benzene rings is 3. The molecule has 0 aromatic heterocycles. The molecule has 0 aliphatic heterocycles. The van der Waals surface area contributed by atoms with Crippen LogP contribution in [0.3, 0.4) is 0 Å². The third kappa shape index (κ3) is 4.72. The quantitative estimate of drug-likeness (QED) is 0.682. The molecule has 0 atom stereocenters. The minimum Gasteiger partial charge on any atom is -0.328 e. The van der Waals surface area contributed by atoms with Gasteiger partial charge in [-0.3, -0.25) is 4.79 Å². The van der Waals surface area contributed by atoms with Crippen molar-refractivity contribution in [3.63, 3.8) is 0 Å². The molecule has 3 aromatic rings. The molecule has 132 valence electrons. The lowest BCUT2D eigenvalue weighted by atomic mass is 9.99. The molecule has 0 heterocycles. The second-order valence-corrected chi connectivity index (χ2v) is 6.68. The molecule has 1 amide bonds. The molecule has 3 nitrogen and oxygen atoms in total. The second-order valence-electron chi connectivity index (χ2n) is 6.27. The standard InChI is InChI=1S/C22H21ClN2O/c1-16-12-13-20(19(23)14-16)25-21(26)15-24-22(17-8-4-2-5-9-17)18-10-6-3-7-11-18/h2-14,22,24H,15H2,1H3,(H,25,26)/p+1. The van der Waals surface area contributed by atoms with E-state index in [4.69, 9.17) is 11.6 Å². The average molecular weight is 366 g/mol. The Kier molecular flexibility index (Phi) is 6.05. The lowest BCUT2D eigenvalue weighted by molar-refractivity contribution is -0.676. The second kappa shape index (κ2) is 8.65. The lowest BCUT2D eigenvalue weighted by Crippen LogP contribution is -2.87. The van der Waals surface area contributed by atoms with Crippen molar-refractivity contribution in [2.24, 2.45) is 0 Å². The summed E-state index contributed by atoms with van der Waals surface area (Å²) in [6, 6.07) is 26.1. The number of carbonyl (C=O) groups is 1. The summed E-state index contributed by atoms with van der Waals surface area (Å²) in [5.41, 5.74) is 4.04. The monoisotopic (exact) mass is 365 g/mol. The van der Waals surface area contributed by atoms with Crippen molar-refractivity contribution in [2.75, 3.05) is 11.9 Å². The Morgan fingerprint density at radius 2 is 1.54 bits per heavy atom. The number of amides is 1. The highest BCUT2D eigenvalue weighted by atomic mass is 35.5. The molecule has 3 aromatic carbocycles. The number of nitrogens with two attached hydrogens (primary N) is 1. The van der Waals surface area contributed by atoms with Gasteiger partial charge in [-0.2, -0.15) is 0 Å². The minimum atomic E-state index is -0.0763. The molecule has 0 unspecified atom stereocenters. The molecule has 0 radical (unpaired) electrons. The fourth-order valence-corrected chi connectivity index (χ4v) is 3.22. The van der Waals surface area contributed by atoms with Crippen LogP contribution in [0.15, 0.2) is 78.9 Å². The zero-order chi connectivity index (χ0) is 18.4. The third-order valence-corrected chi connectivity index (χ3v) is 4.57. The lowest BCUT2D eigenvalue weighted by Gasteiger charge is -2.16. The van der Waals surface area contributed by atoms with Crippen molar-refractivity contribution < 1.29 is 10.1 Å². The smallest absolute Gasteiger partial charge is 0.279 e. The summed E-state index contributed by atoms with van der Waals surface area (Å²) in [5.74, 6) is -0.0763. The zero-order valence-electron chi connectivity index (χ0n) is 14.7. The van der Waals surface area contributed by atoms with E-state index in [1.165, 1.54) is 11.1 Å². The van der Waals surface area contributed by atoms with Gasteiger partial charge in [0.05, 0.1) is 10.7 Å². The predicted molar refractivity (Wildman–Crippen MR) is 106 cm³/mol. The first-order valence-electron chi connectivity index (χ1n) is 8.62. The van der Waals surface area contributed by atoms with Gasteiger partial charge >= 0.3 is 0 Å². The molecule has 0 fully saturated rings. The summed E-state index contributed by atoms with van der Waals surface area (Å²) in [4.78, 5) is 12.4. The van der Waals surface area contributed by atoms with Gasteiger partial charge in [-0.15, -0.1) is 0 Å². The summed E-state index contributed by atoms with van der Waals surface area (Å²) in [5, 5.41) is 5.49. The predicted octanol–water partition coefficient (Wildman–Crippen LogP) is 3.94.